The average Bonchev–Trinajstić information content (AvgIpc) is 3.14. The van der Waals surface area contributed by atoms with Crippen LogP contribution < -0.4 is 5.32 Å². The maximum Gasteiger partial charge on any atom is 0.253 e. The molecule has 1 aromatic heterocycles. The van der Waals surface area contributed by atoms with Crippen molar-refractivity contribution >= 4 is 18.3 Å². The number of amides is 1. The van der Waals surface area contributed by atoms with Gasteiger partial charge in [-0.2, -0.15) is 5.10 Å². The number of benzene rings is 1. The molecule has 0 spiro atoms. The molecule has 1 aliphatic rings. The fourth-order valence-corrected chi connectivity index (χ4v) is 3.05. The number of rotatable bonds is 5. The van der Waals surface area contributed by atoms with Crippen molar-refractivity contribution in [2.45, 2.75) is 19.3 Å². The summed E-state index contributed by atoms with van der Waals surface area (Å²) < 4.78 is 1.68. The van der Waals surface area contributed by atoms with Crippen LogP contribution in [0.5, 0.6) is 0 Å². The topological polar surface area (TPSA) is 63.1 Å². The number of halogens is 1. The first-order valence-corrected chi connectivity index (χ1v) is 8.17. The zero-order valence-corrected chi connectivity index (χ0v) is 14.7. The Morgan fingerprint density at radius 2 is 1.96 bits per heavy atom. The normalized spacial score (nSPS) is 15.1. The summed E-state index contributed by atoms with van der Waals surface area (Å²) in [5, 5.41) is 7.29. The minimum Gasteiger partial charge on any atom is -0.339 e. The summed E-state index contributed by atoms with van der Waals surface area (Å²) in [6.45, 7) is 2.78. The van der Waals surface area contributed by atoms with E-state index in [2.05, 4.69) is 15.4 Å². The summed E-state index contributed by atoms with van der Waals surface area (Å²) in [5.41, 5.74) is 1.65. The van der Waals surface area contributed by atoms with Crippen molar-refractivity contribution in [1.82, 2.24) is 25.0 Å². The van der Waals surface area contributed by atoms with Gasteiger partial charge in [0.25, 0.3) is 5.91 Å². The maximum absolute atomic E-state index is 12.6. The monoisotopic (exact) mass is 349 g/mol. The molecule has 0 radical (unpaired) electrons. The van der Waals surface area contributed by atoms with Gasteiger partial charge in [0.1, 0.15) is 12.7 Å². The van der Waals surface area contributed by atoms with Crippen LogP contribution >= 0.6 is 12.4 Å². The Morgan fingerprint density at radius 1 is 1.25 bits per heavy atom. The standard InChI is InChI=1S/C17H23N5O.ClH/c1-18-9-6-14-7-10-21(11-8-14)17(23)15-2-4-16(5-3-15)22-13-19-12-20-22;/h2-5,12-14,18H,6-11H2,1H3;1H. The number of nitrogens with one attached hydrogen (secondary N) is 1. The molecule has 7 heteroatoms. The lowest BCUT2D eigenvalue weighted by Crippen LogP contribution is -2.38. The summed E-state index contributed by atoms with van der Waals surface area (Å²) >= 11 is 0. The highest BCUT2D eigenvalue weighted by Gasteiger charge is 2.23. The molecule has 24 heavy (non-hydrogen) atoms. The third kappa shape index (κ3) is 4.33. The van der Waals surface area contributed by atoms with E-state index in [1.54, 1.807) is 11.0 Å². The Labute approximate surface area is 148 Å². The minimum atomic E-state index is 0. The smallest absolute Gasteiger partial charge is 0.253 e. The molecule has 1 saturated heterocycles. The van der Waals surface area contributed by atoms with Gasteiger partial charge in [0, 0.05) is 18.7 Å². The van der Waals surface area contributed by atoms with Gasteiger partial charge in [0.05, 0.1) is 5.69 Å². The predicted octanol–water partition coefficient (Wildman–Crippen LogP) is 2.15. The molecule has 2 aromatic rings. The van der Waals surface area contributed by atoms with Gasteiger partial charge in [0.2, 0.25) is 0 Å². The lowest BCUT2D eigenvalue weighted by molar-refractivity contribution is 0.0687. The summed E-state index contributed by atoms with van der Waals surface area (Å²) in [5.74, 6) is 0.864. The Kier molecular flexibility index (Phi) is 6.75. The Bertz CT molecular complexity index is 621. The SMILES string of the molecule is CNCCC1CCN(C(=O)c2ccc(-n3cncn3)cc2)CC1.Cl. The zero-order chi connectivity index (χ0) is 16.1. The second kappa shape index (κ2) is 8.80. The van der Waals surface area contributed by atoms with Gasteiger partial charge in [-0.1, -0.05) is 0 Å². The molecule has 1 aliphatic heterocycles. The third-order valence-corrected chi connectivity index (χ3v) is 4.50. The van der Waals surface area contributed by atoms with E-state index in [0.717, 1.165) is 49.6 Å². The molecule has 0 unspecified atom stereocenters. The molecule has 0 bridgehead atoms. The van der Waals surface area contributed by atoms with Crippen LogP contribution in [0.15, 0.2) is 36.9 Å². The van der Waals surface area contributed by atoms with Gasteiger partial charge < -0.3 is 10.2 Å². The Morgan fingerprint density at radius 3 is 2.54 bits per heavy atom. The highest BCUT2D eigenvalue weighted by atomic mass is 35.5. The van der Waals surface area contributed by atoms with Gasteiger partial charge >= 0.3 is 0 Å². The second-order valence-electron chi connectivity index (χ2n) is 6.01. The van der Waals surface area contributed by atoms with Gasteiger partial charge in [-0.15, -0.1) is 12.4 Å². The largest absolute Gasteiger partial charge is 0.339 e. The van der Waals surface area contributed by atoms with E-state index in [1.165, 1.54) is 12.7 Å². The summed E-state index contributed by atoms with van der Waals surface area (Å²) in [4.78, 5) is 18.5. The number of hydrogen-bond donors (Lipinski definition) is 1. The molecule has 0 aliphatic carbocycles. The Hall–Kier alpha value is -1.92. The second-order valence-corrected chi connectivity index (χ2v) is 6.01. The highest BCUT2D eigenvalue weighted by Crippen LogP contribution is 2.21. The van der Waals surface area contributed by atoms with Crippen molar-refractivity contribution in [3.05, 3.63) is 42.5 Å². The van der Waals surface area contributed by atoms with Crippen molar-refractivity contribution in [2.75, 3.05) is 26.7 Å². The lowest BCUT2D eigenvalue weighted by atomic mass is 9.93. The Balaban J connectivity index is 0.00000208. The molecule has 0 atom stereocenters. The predicted molar refractivity (Wildman–Crippen MR) is 95.8 cm³/mol. The van der Waals surface area contributed by atoms with Crippen LogP contribution in [0.2, 0.25) is 0 Å². The van der Waals surface area contributed by atoms with Crippen LogP contribution in [0, 0.1) is 5.92 Å². The molecule has 6 nitrogen and oxygen atoms in total. The lowest BCUT2D eigenvalue weighted by Gasteiger charge is -2.32. The molecule has 0 saturated carbocycles. The van der Waals surface area contributed by atoms with E-state index in [9.17, 15) is 4.79 Å². The summed E-state index contributed by atoms with van der Waals surface area (Å²) in [6, 6.07) is 7.54. The number of carbonyl (C=O) groups excluding carboxylic acids is 1. The van der Waals surface area contributed by atoms with Crippen molar-refractivity contribution in [1.29, 1.82) is 0 Å². The van der Waals surface area contributed by atoms with Crippen LogP contribution in [0.3, 0.4) is 0 Å². The number of nitrogens with zero attached hydrogens (tertiary/aromatic N) is 4. The van der Waals surface area contributed by atoms with Gasteiger partial charge in [0.15, 0.2) is 0 Å². The quantitative estimate of drug-likeness (QED) is 0.898. The van der Waals surface area contributed by atoms with E-state index in [-0.39, 0.29) is 18.3 Å². The van der Waals surface area contributed by atoms with Crippen molar-refractivity contribution in [2.24, 2.45) is 5.92 Å². The summed E-state index contributed by atoms with van der Waals surface area (Å²) in [7, 11) is 1.99. The molecule has 1 amide bonds. The fourth-order valence-electron chi connectivity index (χ4n) is 3.05. The van der Waals surface area contributed by atoms with Crippen LogP contribution in [0.1, 0.15) is 29.6 Å². The molecule has 1 fully saturated rings. The molecule has 130 valence electrons. The number of carbonyl (C=O) groups is 1. The summed E-state index contributed by atoms with van der Waals surface area (Å²) in [6.07, 6.45) is 6.55. The van der Waals surface area contributed by atoms with E-state index in [1.807, 2.05) is 36.2 Å². The van der Waals surface area contributed by atoms with Gasteiger partial charge in [-0.05, 0) is 63.0 Å². The number of likely N-dealkylation sites (tertiary alicyclic amines) is 1. The van der Waals surface area contributed by atoms with Crippen molar-refractivity contribution in [3.63, 3.8) is 0 Å². The molecule has 2 heterocycles. The molecule has 3 rings (SSSR count). The number of piperidine rings is 1. The molecule has 1 N–H and O–H groups in total. The minimum absolute atomic E-state index is 0. The number of aromatic nitrogens is 3. The third-order valence-electron chi connectivity index (χ3n) is 4.50. The van der Waals surface area contributed by atoms with Gasteiger partial charge in [-0.3, -0.25) is 4.79 Å². The zero-order valence-electron chi connectivity index (χ0n) is 13.9. The van der Waals surface area contributed by atoms with Crippen LogP contribution in [0.25, 0.3) is 5.69 Å². The first-order chi connectivity index (χ1) is 11.3. The van der Waals surface area contributed by atoms with Crippen LogP contribution in [-0.4, -0.2) is 52.3 Å². The average molecular weight is 350 g/mol. The molecule has 1 aromatic carbocycles. The van der Waals surface area contributed by atoms with Gasteiger partial charge in [-0.25, -0.2) is 9.67 Å². The van der Waals surface area contributed by atoms with E-state index >= 15 is 0 Å². The first kappa shape index (κ1) is 18.4. The highest BCUT2D eigenvalue weighted by molar-refractivity contribution is 5.94. The molecular weight excluding hydrogens is 326 g/mol. The maximum atomic E-state index is 12.6. The van der Waals surface area contributed by atoms with E-state index in [0.29, 0.717) is 0 Å². The van der Waals surface area contributed by atoms with E-state index < -0.39 is 0 Å². The van der Waals surface area contributed by atoms with Crippen LogP contribution in [0.4, 0.5) is 0 Å². The van der Waals surface area contributed by atoms with Crippen LogP contribution in [-0.2, 0) is 0 Å². The van der Waals surface area contributed by atoms with Crippen molar-refractivity contribution in [3.8, 4) is 5.69 Å². The van der Waals surface area contributed by atoms with E-state index in [4.69, 9.17) is 0 Å². The fraction of sp³-hybridized carbons (Fsp3) is 0.471. The van der Waals surface area contributed by atoms with Crippen molar-refractivity contribution < 1.29 is 4.79 Å². The molecular formula is C17H24ClN5O. The first-order valence-electron chi connectivity index (χ1n) is 8.17. The number of hydrogen-bond acceptors (Lipinski definition) is 4.